The van der Waals surface area contributed by atoms with Crippen LogP contribution in [0.1, 0.15) is 6.92 Å². The third-order valence-corrected chi connectivity index (χ3v) is 2.76. The maximum absolute atomic E-state index is 8.87. The minimum absolute atomic E-state index is 0.0997. The van der Waals surface area contributed by atoms with Crippen molar-refractivity contribution in [3.63, 3.8) is 0 Å². The molecule has 96 valence electrons. The summed E-state index contributed by atoms with van der Waals surface area (Å²) in [7, 11) is 1.87. The van der Waals surface area contributed by atoms with Gasteiger partial charge in [-0.3, -0.25) is 4.68 Å². The van der Waals surface area contributed by atoms with E-state index in [4.69, 9.17) is 5.11 Å². The summed E-state index contributed by atoms with van der Waals surface area (Å²) < 4.78 is 1.88. The van der Waals surface area contributed by atoms with E-state index in [1.165, 1.54) is 0 Å². The maximum atomic E-state index is 8.87. The minimum Gasteiger partial charge on any atom is -0.395 e. The predicted octanol–water partition coefficient (Wildman–Crippen LogP) is 0.788. The summed E-state index contributed by atoms with van der Waals surface area (Å²) in [5.74, 6) is 0.746. The van der Waals surface area contributed by atoms with E-state index in [0.717, 1.165) is 23.8 Å². The molecule has 1 N–H and O–H groups in total. The Morgan fingerprint density at radius 3 is 2.72 bits per heavy atom. The average molecular weight is 247 g/mol. The average Bonchev–Trinajstić information content (AvgIpc) is 2.87. The molecule has 0 atom stereocenters. The van der Waals surface area contributed by atoms with Crippen molar-refractivity contribution in [3.05, 3.63) is 24.4 Å². The monoisotopic (exact) mass is 247 g/mol. The van der Waals surface area contributed by atoms with Crippen LogP contribution in [-0.4, -0.2) is 45.3 Å². The van der Waals surface area contributed by atoms with E-state index < -0.39 is 0 Å². The zero-order valence-electron chi connectivity index (χ0n) is 10.6. The van der Waals surface area contributed by atoms with Crippen LogP contribution in [0.15, 0.2) is 24.4 Å². The molecule has 2 aromatic rings. The number of aromatic nitrogens is 4. The standard InChI is InChI=1S/C12H17N5O/c1-3-17-11(6-7-13-17)10-4-5-12(15-14-10)16(2)8-9-18/h4-7,18H,3,8-9H2,1-2H3. The van der Waals surface area contributed by atoms with Gasteiger partial charge in [0.2, 0.25) is 0 Å². The van der Waals surface area contributed by atoms with Crippen LogP contribution in [0.2, 0.25) is 0 Å². The maximum Gasteiger partial charge on any atom is 0.151 e. The molecule has 0 aliphatic rings. The van der Waals surface area contributed by atoms with Gasteiger partial charge in [0.1, 0.15) is 5.69 Å². The van der Waals surface area contributed by atoms with Gasteiger partial charge in [-0.25, -0.2) is 0 Å². The van der Waals surface area contributed by atoms with Gasteiger partial charge in [-0.2, -0.15) is 5.10 Å². The summed E-state index contributed by atoms with van der Waals surface area (Å²) in [6, 6.07) is 5.73. The van der Waals surface area contributed by atoms with Crippen molar-refractivity contribution >= 4 is 5.82 Å². The minimum atomic E-state index is 0.0997. The molecule has 0 aromatic carbocycles. The molecule has 0 fully saturated rings. The van der Waals surface area contributed by atoms with Gasteiger partial charge in [0.25, 0.3) is 0 Å². The Bertz CT molecular complexity index is 493. The normalized spacial score (nSPS) is 10.6. The fourth-order valence-electron chi connectivity index (χ4n) is 1.73. The fourth-order valence-corrected chi connectivity index (χ4v) is 1.73. The Labute approximate surface area is 106 Å². The van der Waals surface area contributed by atoms with Crippen LogP contribution in [0.25, 0.3) is 11.4 Å². The lowest BCUT2D eigenvalue weighted by atomic mass is 10.3. The van der Waals surface area contributed by atoms with Crippen molar-refractivity contribution in [2.24, 2.45) is 0 Å². The lowest BCUT2D eigenvalue weighted by Gasteiger charge is -2.15. The van der Waals surface area contributed by atoms with E-state index in [9.17, 15) is 0 Å². The number of nitrogens with zero attached hydrogens (tertiary/aromatic N) is 5. The third-order valence-electron chi connectivity index (χ3n) is 2.76. The second-order valence-corrected chi connectivity index (χ2v) is 3.95. The van der Waals surface area contributed by atoms with Crippen molar-refractivity contribution in [1.82, 2.24) is 20.0 Å². The van der Waals surface area contributed by atoms with Gasteiger partial charge >= 0.3 is 0 Å². The van der Waals surface area contributed by atoms with Crippen LogP contribution in [0.3, 0.4) is 0 Å². The lowest BCUT2D eigenvalue weighted by molar-refractivity contribution is 0.303. The number of aliphatic hydroxyl groups is 1. The first-order valence-electron chi connectivity index (χ1n) is 5.94. The first kappa shape index (κ1) is 12.5. The lowest BCUT2D eigenvalue weighted by Crippen LogP contribution is -2.22. The number of anilines is 1. The van der Waals surface area contributed by atoms with Crippen LogP contribution in [-0.2, 0) is 6.54 Å². The zero-order chi connectivity index (χ0) is 13.0. The van der Waals surface area contributed by atoms with Gasteiger partial charge in [0.15, 0.2) is 5.82 Å². The van der Waals surface area contributed by atoms with Gasteiger partial charge in [-0.05, 0) is 25.1 Å². The van der Waals surface area contributed by atoms with Crippen molar-refractivity contribution in [3.8, 4) is 11.4 Å². The van der Waals surface area contributed by atoms with Crippen molar-refractivity contribution in [1.29, 1.82) is 0 Å². The highest BCUT2D eigenvalue weighted by molar-refractivity contribution is 5.55. The van der Waals surface area contributed by atoms with Gasteiger partial charge in [-0.15, -0.1) is 10.2 Å². The second-order valence-electron chi connectivity index (χ2n) is 3.95. The van der Waals surface area contributed by atoms with Crippen LogP contribution >= 0.6 is 0 Å². The molecule has 0 spiro atoms. The van der Waals surface area contributed by atoms with Gasteiger partial charge < -0.3 is 10.0 Å². The summed E-state index contributed by atoms with van der Waals surface area (Å²) in [6.45, 7) is 3.48. The molecule has 0 saturated carbocycles. The smallest absolute Gasteiger partial charge is 0.151 e. The van der Waals surface area contributed by atoms with E-state index in [0.29, 0.717) is 6.54 Å². The van der Waals surface area contributed by atoms with Crippen molar-refractivity contribution in [2.45, 2.75) is 13.5 Å². The first-order valence-corrected chi connectivity index (χ1v) is 5.94. The molecule has 0 aliphatic heterocycles. The quantitative estimate of drug-likeness (QED) is 0.846. The second kappa shape index (κ2) is 5.59. The van der Waals surface area contributed by atoms with E-state index in [-0.39, 0.29) is 6.61 Å². The number of rotatable bonds is 5. The summed E-state index contributed by atoms with van der Waals surface area (Å²) >= 11 is 0. The highest BCUT2D eigenvalue weighted by Gasteiger charge is 2.08. The Morgan fingerprint density at radius 2 is 2.11 bits per heavy atom. The highest BCUT2D eigenvalue weighted by atomic mass is 16.3. The molecule has 6 heteroatoms. The molecular formula is C12H17N5O. The van der Waals surface area contributed by atoms with Gasteiger partial charge in [0.05, 0.1) is 12.3 Å². The Kier molecular flexibility index (Phi) is 3.88. The zero-order valence-corrected chi connectivity index (χ0v) is 10.6. The molecule has 0 unspecified atom stereocenters. The van der Waals surface area contributed by atoms with Gasteiger partial charge in [-0.1, -0.05) is 0 Å². The molecule has 0 saturated heterocycles. The van der Waals surface area contributed by atoms with E-state index >= 15 is 0 Å². The number of hydrogen-bond donors (Lipinski definition) is 1. The molecule has 0 radical (unpaired) electrons. The third kappa shape index (κ3) is 2.48. The number of likely N-dealkylation sites (N-methyl/N-ethyl adjacent to an activating group) is 1. The van der Waals surface area contributed by atoms with Crippen LogP contribution < -0.4 is 4.90 Å². The summed E-state index contributed by atoms with van der Waals surface area (Å²) in [4.78, 5) is 1.86. The molecule has 2 aromatic heterocycles. The molecule has 6 nitrogen and oxygen atoms in total. The molecular weight excluding hydrogens is 230 g/mol. The van der Waals surface area contributed by atoms with E-state index in [2.05, 4.69) is 15.3 Å². The van der Waals surface area contributed by atoms with Crippen LogP contribution in [0, 0.1) is 0 Å². The van der Waals surface area contributed by atoms with Crippen molar-refractivity contribution in [2.75, 3.05) is 25.1 Å². The van der Waals surface area contributed by atoms with E-state index in [1.54, 1.807) is 6.20 Å². The number of aryl methyl sites for hydroxylation is 1. The van der Waals surface area contributed by atoms with Crippen LogP contribution in [0.4, 0.5) is 5.82 Å². The molecule has 0 bridgehead atoms. The molecule has 0 aliphatic carbocycles. The number of hydrogen-bond acceptors (Lipinski definition) is 5. The molecule has 2 heterocycles. The largest absolute Gasteiger partial charge is 0.395 e. The molecule has 0 amide bonds. The Morgan fingerprint density at radius 1 is 1.28 bits per heavy atom. The SMILES string of the molecule is CCn1nccc1-c1ccc(N(C)CCO)nn1. The summed E-state index contributed by atoms with van der Waals surface area (Å²) in [5.41, 5.74) is 1.76. The highest BCUT2D eigenvalue weighted by Crippen LogP contribution is 2.17. The van der Waals surface area contributed by atoms with Crippen LogP contribution in [0.5, 0.6) is 0 Å². The fraction of sp³-hybridized carbons (Fsp3) is 0.417. The Hall–Kier alpha value is -1.95. The Balaban J connectivity index is 2.22. The molecule has 2 rings (SSSR count). The predicted molar refractivity (Wildman–Crippen MR) is 69.3 cm³/mol. The number of aliphatic hydroxyl groups excluding tert-OH is 1. The topological polar surface area (TPSA) is 67.1 Å². The molecule has 18 heavy (non-hydrogen) atoms. The van der Waals surface area contributed by atoms with Gasteiger partial charge in [0, 0.05) is 26.3 Å². The summed E-state index contributed by atoms with van der Waals surface area (Å²) in [6.07, 6.45) is 1.76. The first-order chi connectivity index (χ1) is 8.76. The van der Waals surface area contributed by atoms with Crippen molar-refractivity contribution < 1.29 is 5.11 Å². The van der Waals surface area contributed by atoms with E-state index in [1.807, 2.05) is 41.8 Å². The summed E-state index contributed by atoms with van der Waals surface area (Å²) in [5, 5.41) is 21.4.